The van der Waals surface area contributed by atoms with E-state index in [0.717, 1.165) is 6.08 Å². The molecule has 1 fully saturated rings. The van der Waals surface area contributed by atoms with E-state index in [2.05, 4.69) is 11.8 Å². The summed E-state index contributed by atoms with van der Waals surface area (Å²) in [7, 11) is -1.14. The van der Waals surface area contributed by atoms with Crippen LogP contribution in [0.5, 0.6) is 0 Å². The van der Waals surface area contributed by atoms with Crippen molar-refractivity contribution in [2.24, 2.45) is 5.41 Å². The first kappa shape index (κ1) is 19.7. The van der Waals surface area contributed by atoms with Crippen molar-refractivity contribution in [3.8, 4) is 11.8 Å². The summed E-state index contributed by atoms with van der Waals surface area (Å²) in [5.74, 6) is 5.55. The average molecular weight is 346 g/mol. The number of hydrogen-bond donors (Lipinski definition) is 0. The molecule has 0 bridgehead atoms. The summed E-state index contributed by atoms with van der Waals surface area (Å²) in [4.78, 5) is 0. The van der Waals surface area contributed by atoms with Crippen molar-refractivity contribution in [2.45, 2.75) is 59.7 Å². The van der Waals surface area contributed by atoms with Crippen LogP contribution >= 0.6 is 0 Å². The molecule has 1 aliphatic rings. The summed E-state index contributed by atoms with van der Waals surface area (Å²) in [5, 5.41) is 0. The van der Waals surface area contributed by atoms with E-state index >= 15 is 0 Å². The average Bonchev–Trinajstić information content (AvgIpc) is 2.67. The van der Waals surface area contributed by atoms with Crippen molar-refractivity contribution >= 4 is 13.2 Å². The van der Waals surface area contributed by atoms with Gasteiger partial charge in [0, 0.05) is 16.5 Å². The van der Waals surface area contributed by atoms with E-state index in [1.165, 1.54) is 12.1 Å². The number of benzene rings is 1. The third-order valence-electron chi connectivity index (χ3n) is 4.35. The molecule has 134 valence electrons. The molecule has 25 heavy (non-hydrogen) atoms. The zero-order valence-corrected chi connectivity index (χ0v) is 16.0. The zero-order chi connectivity index (χ0) is 19.0. The molecule has 0 aromatic heterocycles. The quantitative estimate of drug-likeness (QED) is 0.544. The number of halogens is 2. The fourth-order valence-corrected chi connectivity index (χ4v) is 2.16. The normalized spacial score (nSPS) is 19.6. The first-order valence-corrected chi connectivity index (χ1v) is 8.36. The van der Waals surface area contributed by atoms with Gasteiger partial charge in [0.1, 0.15) is 11.5 Å². The third-order valence-corrected chi connectivity index (χ3v) is 4.35. The Labute approximate surface area is 149 Å². The molecule has 1 aromatic rings. The van der Waals surface area contributed by atoms with Gasteiger partial charge in [0.15, 0.2) is 0 Å². The lowest BCUT2D eigenvalue weighted by Gasteiger charge is -2.32. The molecule has 1 saturated heterocycles. The Morgan fingerprint density at radius 3 is 2.20 bits per heavy atom. The second kappa shape index (κ2) is 6.59. The molecule has 2 nitrogen and oxygen atoms in total. The van der Waals surface area contributed by atoms with Crippen LogP contribution in [-0.2, 0) is 9.31 Å². The molecule has 1 aromatic carbocycles. The fourth-order valence-electron chi connectivity index (χ4n) is 2.16. The molecule has 0 spiro atoms. The first-order chi connectivity index (χ1) is 11.3. The van der Waals surface area contributed by atoms with Gasteiger partial charge in [0.05, 0.1) is 11.2 Å². The zero-order valence-electron chi connectivity index (χ0n) is 16.0. The number of rotatable bonds is 2. The largest absolute Gasteiger partial charge is 0.525 e. The summed E-state index contributed by atoms with van der Waals surface area (Å²) in [6.07, 6.45) is 1.11. The first-order valence-electron chi connectivity index (χ1n) is 8.36. The molecular weight excluding hydrogens is 321 g/mol. The summed E-state index contributed by atoms with van der Waals surface area (Å²) in [6, 6.07) is 4.40. The predicted octanol–water partition coefficient (Wildman–Crippen LogP) is 5.17. The van der Waals surface area contributed by atoms with Gasteiger partial charge in [0.25, 0.3) is 0 Å². The molecule has 2 rings (SSSR count). The smallest absolute Gasteiger partial charge is 0.398 e. The Balaban J connectivity index is 2.30. The Kier molecular flexibility index (Phi) is 5.19. The van der Waals surface area contributed by atoms with E-state index in [9.17, 15) is 8.78 Å². The van der Waals surface area contributed by atoms with Crippen LogP contribution in [0.3, 0.4) is 0 Å². The molecule has 0 unspecified atom stereocenters. The summed E-state index contributed by atoms with van der Waals surface area (Å²) >= 11 is 0. The SMILES string of the molecule is CC(C)(C)C#Cc1ccc(F)c(C=C(F)B2OC(C)(C)C(C)(C)O2)c1. The molecule has 0 saturated carbocycles. The van der Waals surface area contributed by atoms with Gasteiger partial charge in [-0.15, -0.1) is 0 Å². The van der Waals surface area contributed by atoms with Crippen LogP contribution in [0.25, 0.3) is 6.08 Å². The van der Waals surface area contributed by atoms with E-state index < -0.39 is 29.9 Å². The van der Waals surface area contributed by atoms with Crippen LogP contribution in [0.1, 0.15) is 59.6 Å². The van der Waals surface area contributed by atoms with Crippen LogP contribution in [0.4, 0.5) is 8.78 Å². The predicted molar refractivity (Wildman–Crippen MR) is 97.9 cm³/mol. The van der Waals surface area contributed by atoms with Gasteiger partial charge in [-0.3, -0.25) is 0 Å². The summed E-state index contributed by atoms with van der Waals surface area (Å²) in [5.41, 5.74) is -1.39. The maximum absolute atomic E-state index is 14.6. The van der Waals surface area contributed by atoms with E-state index in [1.807, 2.05) is 48.5 Å². The van der Waals surface area contributed by atoms with Gasteiger partial charge >= 0.3 is 7.12 Å². The standard InChI is InChI=1S/C20H25BF2O2/c1-18(2,3)11-10-14-8-9-16(22)15(12-14)13-17(23)21-24-19(4,5)20(6,7)25-21/h8-9,12-13H,1-7H3. The van der Waals surface area contributed by atoms with Gasteiger partial charge in [-0.2, -0.15) is 0 Å². The minimum Gasteiger partial charge on any atom is -0.398 e. The fraction of sp³-hybridized carbons (Fsp3) is 0.500. The Hall–Kier alpha value is -1.64. The minimum absolute atomic E-state index is 0.118. The molecule has 5 heteroatoms. The lowest BCUT2D eigenvalue weighted by atomic mass is 9.86. The monoisotopic (exact) mass is 346 g/mol. The van der Waals surface area contributed by atoms with E-state index in [-0.39, 0.29) is 11.0 Å². The Bertz CT molecular complexity index is 733. The third kappa shape index (κ3) is 4.71. The van der Waals surface area contributed by atoms with E-state index in [4.69, 9.17) is 9.31 Å². The summed E-state index contributed by atoms with van der Waals surface area (Å²) < 4.78 is 39.9. The maximum Gasteiger partial charge on any atom is 0.525 e. The van der Waals surface area contributed by atoms with Crippen molar-refractivity contribution < 1.29 is 18.1 Å². The maximum atomic E-state index is 14.6. The highest BCUT2D eigenvalue weighted by atomic mass is 19.1. The van der Waals surface area contributed by atoms with Crippen LogP contribution < -0.4 is 0 Å². The van der Waals surface area contributed by atoms with Gasteiger partial charge in [-0.05, 0) is 72.7 Å². The Morgan fingerprint density at radius 1 is 1.12 bits per heavy atom. The van der Waals surface area contributed by atoms with Crippen LogP contribution in [-0.4, -0.2) is 18.3 Å². The minimum atomic E-state index is -1.14. The van der Waals surface area contributed by atoms with E-state index in [0.29, 0.717) is 5.56 Å². The van der Waals surface area contributed by atoms with Gasteiger partial charge < -0.3 is 9.31 Å². The van der Waals surface area contributed by atoms with Crippen LogP contribution in [0.15, 0.2) is 23.9 Å². The van der Waals surface area contributed by atoms with Gasteiger partial charge in [-0.25, -0.2) is 8.78 Å². The van der Waals surface area contributed by atoms with Crippen molar-refractivity contribution in [3.63, 3.8) is 0 Å². The lowest BCUT2D eigenvalue weighted by Crippen LogP contribution is -2.41. The van der Waals surface area contributed by atoms with Crippen LogP contribution in [0.2, 0.25) is 0 Å². The Morgan fingerprint density at radius 2 is 1.68 bits per heavy atom. The molecule has 0 radical (unpaired) electrons. The molecule has 0 atom stereocenters. The molecule has 1 heterocycles. The summed E-state index contributed by atoms with van der Waals surface area (Å²) in [6.45, 7) is 13.3. The van der Waals surface area contributed by atoms with Crippen molar-refractivity contribution in [2.75, 3.05) is 0 Å². The second-order valence-electron chi connectivity index (χ2n) is 8.35. The molecule has 0 N–H and O–H groups in total. The molecule has 1 aliphatic heterocycles. The lowest BCUT2D eigenvalue weighted by molar-refractivity contribution is 0.00578. The van der Waals surface area contributed by atoms with Crippen LogP contribution in [0, 0.1) is 23.1 Å². The number of hydrogen-bond acceptors (Lipinski definition) is 2. The highest BCUT2D eigenvalue weighted by molar-refractivity contribution is 6.54. The van der Waals surface area contributed by atoms with Crippen molar-refractivity contribution in [1.29, 1.82) is 0 Å². The van der Waals surface area contributed by atoms with Gasteiger partial charge in [0.2, 0.25) is 0 Å². The molecule has 0 amide bonds. The van der Waals surface area contributed by atoms with Crippen molar-refractivity contribution in [3.05, 3.63) is 40.9 Å². The molecular formula is C20H25BF2O2. The van der Waals surface area contributed by atoms with E-state index in [1.54, 1.807) is 6.07 Å². The second-order valence-corrected chi connectivity index (χ2v) is 8.35. The molecule has 0 aliphatic carbocycles. The topological polar surface area (TPSA) is 18.5 Å². The van der Waals surface area contributed by atoms with Gasteiger partial charge in [-0.1, -0.05) is 11.8 Å². The van der Waals surface area contributed by atoms with Crippen molar-refractivity contribution in [1.82, 2.24) is 0 Å². The highest BCUT2D eigenvalue weighted by Crippen LogP contribution is 2.39. The highest BCUT2D eigenvalue weighted by Gasteiger charge is 2.53.